The van der Waals surface area contributed by atoms with Crippen molar-refractivity contribution in [3.05, 3.63) is 40.5 Å². The van der Waals surface area contributed by atoms with Crippen molar-refractivity contribution in [1.29, 1.82) is 0 Å². The Balaban J connectivity index is 1.42. The van der Waals surface area contributed by atoms with Crippen molar-refractivity contribution < 1.29 is 28.7 Å². The molecule has 1 N–H and O–H groups in total. The molecule has 3 heterocycles. The second-order valence-electron chi connectivity index (χ2n) is 11.1. The molecule has 2 aromatic carbocycles. The van der Waals surface area contributed by atoms with E-state index in [1.807, 2.05) is 18.8 Å². The molecule has 0 saturated carbocycles. The summed E-state index contributed by atoms with van der Waals surface area (Å²) in [6.45, 7) is 1.49. The predicted octanol–water partition coefficient (Wildman–Crippen LogP) is -7.32. The number of hydrogen-bond acceptors (Lipinski definition) is 6. The van der Waals surface area contributed by atoms with E-state index in [9.17, 15) is 19.2 Å². The minimum atomic E-state index is -0.675. The summed E-state index contributed by atoms with van der Waals surface area (Å²) in [6, 6.07) is 4.44. The van der Waals surface area contributed by atoms with Crippen LogP contribution in [0.15, 0.2) is 18.2 Å². The third-order valence-corrected chi connectivity index (χ3v) is 8.90. The summed E-state index contributed by atoms with van der Waals surface area (Å²) < 4.78 is 11.9. The van der Waals surface area contributed by atoms with Crippen molar-refractivity contribution in [2.75, 3.05) is 19.8 Å². The Morgan fingerprint density at radius 1 is 0.975 bits per heavy atom. The molecule has 40 heavy (non-hydrogen) atoms. The van der Waals surface area contributed by atoms with Gasteiger partial charge < -0.3 is 19.3 Å². The largest absolute Gasteiger partial charge is 0.495 e. The van der Waals surface area contributed by atoms with Crippen LogP contribution in [0.3, 0.4) is 0 Å². The second-order valence-corrected chi connectivity index (χ2v) is 11.1. The summed E-state index contributed by atoms with van der Waals surface area (Å²) >= 11 is 0. The van der Waals surface area contributed by atoms with Crippen molar-refractivity contribution >= 4 is 92.6 Å². The summed E-state index contributed by atoms with van der Waals surface area (Å²) in [7, 11) is 12.5. The minimum absolute atomic E-state index is 0.00691. The Hall–Kier alpha value is -3.33. The quantitative estimate of drug-likeness (QED) is 0.292. The molecule has 2 aromatic rings. The molecule has 15 heteroatoms. The number of rotatable bonds is 6. The fourth-order valence-corrected chi connectivity index (χ4v) is 6.62. The van der Waals surface area contributed by atoms with E-state index < -0.39 is 11.9 Å². The number of carbonyl (C=O) groups is 4. The molecule has 3 aliphatic rings. The SMILES string of the molecule is Bc1c(B)c(C(B)N2CCOCC2=O)c(B)c(B)c1C(B)Oc1cccc2c1CN(C1CCC(=O)NC1=O)C2=O. The lowest BCUT2D eigenvalue weighted by Crippen LogP contribution is -2.53. The summed E-state index contributed by atoms with van der Waals surface area (Å²) in [5.41, 5.74) is 8.03. The topological polar surface area (TPSA) is 105 Å². The number of carbonyl (C=O) groups excluding carboxylic acids is 4. The van der Waals surface area contributed by atoms with Crippen molar-refractivity contribution in [3.8, 4) is 5.75 Å². The van der Waals surface area contributed by atoms with Crippen LogP contribution in [0.25, 0.3) is 0 Å². The Morgan fingerprint density at radius 2 is 1.65 bits per heavy atom. The highest BCUT2D eigenvalue weighted by Crippen LogP contribution is 2.35. The molecule has 200 valence electrons. The van der Waals surface area contributed by atoms with Crippen LogP contribution in [0.1, 0.15) is 51.8 Å². The van der Waals surface area contributed by atoms with Crippen molar-refractivity contribution in [2.24, 2.45) is 0 Å². The predicted molar refractivity (Wildman–Crippen MR) is 167 cm³/mol. The fourth-order valence-electron chi connectivity index (χ4n) is 6.62. The van der Waals surface area contributed by atoms with Gasteiger partial charge in [0.2, 0.25) is 17.7 Å². The highest BCUT2D eigenvalue weighted by atomic mass is 16.5. The molecule has 0 radical (unpaired) electrons. The van der Waals surface area contributed by atoms with Gasteiger partial charge in [0.25, 0.3) is 5.91 Å². The molecule has 9 nitrogen and oxygen atoms in total. The summed E-state index contributed by atoms with van der Waals surface area (Å²) in [6.07, 6.45) is 0.525. The lowest BCUT2D eigenvalue weighted by molar-refractivity contribution is -0.143. The molecule has 0 spiro atoms. The molecule has 0 aromatic heterocycles. The second kappa shape index (κ2) is 10.9. The molecule has 3 unspecified atom stereocenters. The summed E-state index contributed by atoms with van der Waals surface area (Å²) in [5.74, 6) is -0.417. The first-order chi connectivity index (χ1) is 19.0. The van der Waals surface area contributed by atoms with Crippen LogP contribution in [-0.2, 0) is 25.7 Å². The van der Waals surface area contributed by atoms with Crippen LogP contribution in [0.4, 0.5) is 0 Å². The molecule has 0 aliphatic carbocycles. The van der Waals surface area contributed by atoms with E-state index in [1.54, 1.807) is 12.1 Å². The third kappa shape index (κ3) is 4.78. The maximum atomic E-state index is 13.3. The van der Waals surface area contributed by atoms with Crippen LogP contribution in [0.5, 0.6) is 5.75 Å². The maximum Gasteiger partial charge on any atom is 0.255 e. The van der Waals surface area contributed by atoms with Gasteiger partial charge in [-0.15, -0.1) is 0 Å². The molecule has 2 fully saturated rings. The number of hydrogen-bond donors (Lipinski definition) is 1. The van der Waals surface area contributed by atoms with Gasteiger partial charge in [0.05, 0.1) is 19.2 Å². The van der Waals surface area contributed by atoms with Crippen molar-refractivity contribution in [2.45, 2.75) is 37.4 Å². The first-order valence-corrected chi connectivity index (χ1v) is 13.9. The van der Waals surface area contributed by atoms with Gasteiger partial charge in [0.1, 0.15) is 57.6 Å². The Labute approximate surface area is 239 Å². The van der Waals surface area contributed by atoms with Crippen LogP contribution < -0.4 is 31.9 Å². The smallest absolute Gasteiger partial charge is 0.255 e. The first kappa shape index (κ1) is 28.2. The van der Waals surface area contributed by atoms with E-state index in [0.29, 0.717) is 30.9 Å². The Morgan fingerprint density at radius 3 is 2.30 bits per heavy atom. The van der Waals surface area contributed by atoms with Crippen LogP contribution in [0.2, 0.25) is 0 Å². The van der Waals surface area contributed by atoms with E-state index in [2.05, 4.69) is 44.5 Å². The number of imide groups is 1. The molecule has 2 saturated heterocycles. The van der Waals surface area contributed by atoms with Crippen LogP contribution >= 0.6 is 0 Å². The average molecular weight is 534 g/mol. The van der Waals surface area contributed by atoms with Gasteiger partial charge in [0.15, 0.2) is 7.85 Å². The number of nitrogens with zero attached hydrogens (tertiary/aromatic N) is 2. The van der Waals surface area contributed by atoms with Crippen molar-refractivity contribution in [3.63, 3.8) is 0 Å². The fraction of sp³-hybridized carbons (Fsp3) is 0.360. The normalized spacial score (nSPS) is 20.8. The van der Waals surface area contributed by atoms with Gasteiger partial charge in [-0.25, -0.2) is 0 Å². The van der Waals surface area contributed by atoms with Gasteiger partial charge in [-0.05, 0) is 29.7 Å². The number of amides is 4. The lowest BCUT2D eigenvalue weighted by Gasteiger charge is -2.36. The van der Waals surface area contributed by atoms with Gasteiger partial charge in [-0.1, -0.05) is 27.9 Å². The highest BCUT2D eigenvalue weighted by Gasteiger charge is 2.40. The number of ether oxygens (including phenoxy) is 2. The Kier molecular flexibility index (Phi) is 7.70. The molecule has 4 amide bonds. The van der Waals surface area contributed by atoms with E-state index >= 15 is 0 Å². The molecular weight excluding hydrogens is 503 g/mol. The zero-order chi connectivity index (χ0) is 28.9. The van der Waals surface area contributed by atoms with Crippen LogP contribution in [-0.4, -0.2) is 106 Å². The van der Waals surface area contributed by atoms with E-state index in [0.717, 1.165) is 38.5 Å². The molecular formula is C25H31B6N3O6. The lowest BCUT2D eigenvalue weighted by atomic mass is 9.59. The zero-order valence-electron chi connectivity index (χ0n) is 24.1. The van der Waals surface area contributed by atoms with E-state index in [-0.39, 0.29) is 49.2 Å². The molecule has 5 rings (SSSR count). The highest BCUT2D eigenvalue weighted by molar-refractivity contribution is 6.58. The van der Waals surface area contributed by atoms with Crippen LogP contribution in [0, 0.1) is 0 Å². The average Bonchev–Trinajstić information content (AvgIpc) is 3.25. The number of fused-ring (bicyclic) bond motifs is 1. The Bertz CT molecular complexity index is 1410. The van der Waals surface area contributed by atoms with Gasteiger partial charge >= 0.3 is 0 Å². The number of nitrogens with one attached hydrogen (secondary N) is 1. The molecule has 3 atom stereocenters. The summed E-state index contributed by atoms with van der Waals surface area (Å²) in [4.78, 5) is 53.4. The standard InChI is InChI=1S/C25H31B6N3O6/c26-18-16(22(30)33-6-7-39-9-15(33)36)19(27)21(29)17(20(18)28)23(31)40-13-3-1-2-10-11(13)8-34(25(10)38)12-4-5-14(35)32-24(12)37/h1-3,12,22-23H,4-9,26-31H2,(H,32,35,37). The van der Waals surface area contributed by atoms with Gasteiger partial charge in [-0.2, -0.15) is 0 Å². The number of piperidine rings is 1. The molecule has 0 bridgehead atoms. The van der Waals surface area contributed by atoms with Crippen molar-refractivity contribution in [1.82, 2.24) is 15.1 Å². The maximum absolute atomic E-state index is 13.3. The van der Waals surface area contributed by atoms with Gasteiger partial charge in [-0.3, -0.25) is 24.5 Å². The third-order valence-electron chi connectivity index (χ3n) is 8.90. The number of morpholine rings is 1. The summed E-state index contributed by atoms with van der Waals surface area (Å²) in [5, 5.41) is 2.35. The van der Waals surface area contributed by atoms with E-state index in [1.165, 1.54) is 4.90 Å². The number of benzene rings is 2. The van der Waals surface area contributed by atoms with E-state index in [4.69, 9.17) is 9.47 Å². The monoisotopic (exact) mass is 535 g/mol. The first-order valence-electron chi connectivity index (χ1n) is 13.9. The molecule has 3 aliphatic heterocycles. The zero-order valence-corrected chi connectivity index (χ0v) is 24.1. The minimum Gasteiger partial charge on any atom is -0.495 e. The van der Waals surface area contributed by atoms with Gasteiger partial charge in [0, 0.05) is 30.0 Å².